The van der Waals surface area contributed by atoms with Gasteiger partial charge in [0.05, 0.1) is 13.2 Å². The Morgan fingerprint density at radius 3 is 2.43 bits per heavy atom. The van der Waals surface area contributed by atoms with Crippen LogP contribution in [0, 0.1) is 11.6 Å². The fourth-order valence-corrected chi connectivity index (χ4v) is 1.09. The highest BCUT2D eigenvalue weighted by Gasteiger charge is 2.13. The Balaban J connectivity index is 3.27. The monoisotopic (exact) mass is 201 g/mol. The molecule has 0 heterocycles. The van der Waals surface area contributed by atoms with Crippen LogP contribution in [-0.4, -0.2) is 17.4 Å². The predicted octanol–water partition coefficient (Wildman–Crippen LogP) is 0.598. The van der Waals surface area contributed by atoms with Crippen molar-refractivity contribution in [1.29, 1.82) is 0 Å². The van der Waals surface area contributed by atoms with E-state index >= 15 is 0 Å². The Bertz CT molecular complexity index is 366. The molecule has 0 spiro atoms. The minimum absolute atomic E-state index is 0.0411. The van der Waals surface area contributed by atoms with E-state index in [1.807, 2.05) is 0 Å². The summed E-state index contributed by atoms with van der Waals surface area (Å²) in [5, 5.41) is 8.80. The number of aliphatic hydroxyl groups is 1. The number of carbonyl (C=O) groups excluding carboxylic acids is 1. The Hall–Kier alpha value is -1.33. The molecule has 0 radical (unpaired) electrons. The lowest BCUT2D eigenvalue weighted by Crippen LogP contribution is -2.16. The van der Waals surface area contributed by atoms with Gasteiger partial charge in [-0.3, -0.25) is 4.79 Å². The van der Waals surface area contributed by atoms with Gasteiger partial charge in [0, 0.05) is 5.56 Å². The number of Topliss-reactive ketones (excluding diaryl/α,β-unsaturated/α-hetero) is 1. The number of carbonyl (C=O) groups is 1. The third-order valence-electron chi connectivity index (χ3n) is 1.80. The molecule has 0 fully saturated rings. The first-order valence-electron chi connectivity index (χ1n) is 3.92. The normalized spacial score (nSPS) is 10.3. The van der Waals surface area contributed by atoms with Crippen LogP contribution in [0.25, 0.3) is 0 Å². The molecule has 0 saturated carbocycles. The van der Waals surface area contributed by atoms with E-state index in [0.29, 0.717) is 0 Å². The minimum atomic E-state index is -1.13. The van der Waals surface area contributed by atoms with Gasteiger partial charge in [-0.1, -0.05) is 0 Å². The second-order valence-electron chi connectivity index (χ2n) is 2.71. The molecule has 0 aliphatic rings. The molecule has 76 valence electrons. The first-order chi connectivity index (χ1) is 6.60. The summed E-state index contributed by atoms with van der Waals surface area (Å²) >= 11 is 0. The quantitative estimate of drug-likeness (QED) is 0.704. The molecule has 3 N–H and O–H groups in total. The van der Waals surface area contributed by atoms with Gasteiger partial charge >= 0.3 is 0 Å². The molecule has 1 rings (SSSR count). The Labute approximate surface area is 79.2 Å². The highest BCUT2D eigenvalue weighted by atomic mass is 19.2. The lowest BCUT2D eigenvalue weighted by atomic mass is 10.0. The van der Waals surface area contributed by atoms with Crippen LogP contribution in [0.4, 0.5) is 8.78 Å². The molecule has 0 saturated heterocycles. The van der Waals surface area contributed by atoms with Crippen LogP contribution in [0.2, 0.25) is 0 Å². The number of hydrogen-bond acceptors (Lipinski definition) is 3. The van der Waals surface area contributed by atoms with Gasteiger partial charge in [0.1, 0.15) is 0 Å². The summed E-state index contributed by atoms with van der Waals surface area (Å²) in [6.07, 6.45) is 0. The van der Waals surface area contributed by atoms with Crippen LogP contribution in [0.15, 0.2) is 12.1 Å². The molecule has 0 atom stereocenters. The van der Waals surface area contributed by atoms with Gasteiger partial charge in [-0.2, -0.15) is 0 Å². The molecule has 1 aromatic rings. The number of nitrogens with two attached hydrogens (primary N) is 1. The smallest absolute Gasteiger partial charge is 0.176 e. The molecule has 1 aromatic carbocycles. The van der Waals surface area contributed by atoms with Crippen LogP contribution >= 0.6 is 0 Å². The third kappa shape index (κ3) is 1.94. The SMILES string of the molecule is NCC(=O)c1cc(F)c(F)cc1CO. The van der Waals surface area contributed by atoms with Crippen LogP contribution in [0.1, 0.15) is 15.9 Å². The molecule has 14 heavy (non-hydrogen) atoms. The van der Waals surface area contributed by atoms with E-state index in [9.17, 15) is 13.6 Å². The fraction of sp³-hybridized carbons (Fsp3) is 0.222. The maximum Gasteiger partial charge on any atom is 0.176 e. The fourth-order valence-electron chi connectivity index (χ4n) is 1.09. The van der Waals surface area contributed by atoms with Crippen LogP contribution < -0.4 is 5.73 Å². The first-order valence-corrected chi connectivity index (χ1v) is 3.92. The Kier molecular flexibility index (Phi) is 3.27. The minimum Gasteiger partial charge on any atom is -0.392 e. The van der Waals surface area contributed by atoms with Crippen molar-refractivity contribution in [3.63, 3.8) is 0 Å². The standard InChI is InChI=1S/C9H9F2NO2/c10-7-1-5(4-13)6(2-8(7)11)9(14)3-12/h1-2,13H,3-4,12H2. The van der Waals surface area contributed by atoms with Crippen molar-refractivity contribution in [3.05, 3.63) is 34.9 Å². The van der Waals surface area contributed by atoms with E-state index in [0.717, 1.165) is 12.1 Å². The zero-order chi connectivity index (χ0) is 10.7. The summed E-state index contributed by atoms with van der Waals surface area (Å²) in [5.41, 5.74) is 5.03. The van der Waals surface area contributed by atoms with Crippen molar-refractivity contribution in [2.75, 3.05) is 6.54 Å². The van der Waals surface area contributed by atoms with Gasteiger partial charge in [0.15, 0.2) is 17.4 Å². The third-order valence-corrected chi connectivity index (χ3v) is 1.80. The first kappa shape index (κ1) is 10.7. The van der Waals surface area contributed by atoms with E-state index in [2.05, 4.69) is 0 Å². The highest BCUT2D eigenvalue weighted by molar-refractivity contribution is 5.98. The molecule has 0 aliphatic heterocycles. The number of benzene rings is 1. The van der Waals surface area contributed by atoms with E-state index in [1.165, 1.54) is 0 Å². The van der Waals surface area contributed by atoms with Gasteiger partial charge in [-0.15, -0.1) is 0 Å². The topological polar surface area (TPSA) is 63.3 Å². The molecule has 0 amide bonds. The summed E-state index contributed by atoms with van der Waals surface area (Å²) in [4.78, 5) is 11.1. The van der Waals surface area contributed by atoms with Crippen molar-refractivity contribution >= 4 is 5.78 Å². The number of aliphatic hydroxyl groups excluding tert-OH is 1. The average Bonchev–Trinajstić information content (AvgIpc) is 2.20. The molecule has 3 nitrogen and oxygen atoms in total. The van der Waals surface area contributed by atoms with Gasteiger partial charge in [0.2, 0.25) is 0 Å². The van der Waals surface area contributed by atoms with Gasteiger partial charge in [-0.25, -0.2) is 8.78 Å². The molecular weight excluding hydrogens is 192 g/mol. The lowest BCUT2D eigenvalue weighted by Gasteiger charge is -2.05. The number of ketones is 1. The van der Waals surface area contributed by atoms with E-state index in [1.54, 1.807) is 0 Å². The maximum absolute atomic E-state index is 12.7. The van der Waals surface area contributed by atoms with Gasteiger partial charge in [0.25, 0.3) is 0 Å². The summed E-state index contributed by atoms with van der Waals surface area (Å²) in [6.45, 7) is -0.837. The van der Waals surface area contributed by atoms with E-state index in [-0.39, 0.29) is 17.7 Å². The second-order valence-corrected chi connectivity index (χ2v) is 2.71. The average molecular weight is 201 g/mol. The van der Waals surface area contributed by atoms with E-state index < -0.39 is 24.0 Å². The van der Waals surface area contributed by atoms with Gasteiger partial charge in [-0.05, 0) is 17.7 Å². The van der Waals surface area contributed by atoms with Crippen LogP contribution in [0.5, 0.6) is 0 Å². The Morgan fingerprint density at radius 1 is 1.36 bits per heavy atom. The second kappa shape index (κ2) is 4.26. The molecule has 0 unspecified atom stereocenters. The Morgan fingerprint density at radius 2 is 1.93 bits per heavy atom. The zero-order valence-corrected chi connectivity index (χ0v) is 7.26. The highest BCUT2D eigenvalue weighted by Crippen LogP contribution is 2.15. The summed E-state index contributed by atoms with van der Waals surface area (Å²) in [5.74, 6) is -2.76. The molecule has 0 bridgehead atoms. The zero-order valence-electron chi connectivity index (χ0n) is 7.26. The number of halogens is 2. The summed E-state index contributed by atoms with van der Waals surface area (Å²) < 4.78 is 25.4. The summed E-state index contributed by atoms with van der Waals surface area (Å²) in [6, 6.07) is 1.54. The van der Waals surface area contributed by atoms with Crippen molar-refractivity contribution in [2.24, 2.45) is 5.73 Å². The lowest BCUT2D eigenvalue weighted by molar-refractivity contribution is 0.0997. The van der Waals surface area contributed by atoms with Gasteiger partial charge < -0.3 is 10.8 Å². The van der Waals surface area contributed by atoms with Crippen LogP contribution in [0.3, 0.4) is 0 Å². The number of hydrogen-bond donors (Lipinski definition) is 2. The van der Waals surface area contributed by atoms with Crippen molar-refractivity contribution in [3.8, 4) is 0 Å². The van der Waals surface area contributed by atoms with Crippen molar-refractivity contribution in [1.82, 2.24) is 0 Å². The molecule has 0 aliphatic carbocycles. The molecule has 5 heteroatoms. The van der Waals surface area contributed by atoms with Crippen LogP contribution in [-0.2, 0) is 6.61 Å². The predicted molar refractivity (Wildman–Crippen MR) is 45.7 cm³/mol. The largest absolute Gasteiger partial charge is 0.392 e. The maximum atomic E-state index is 12.7. The molecule has 0 aromatic heterocycles. The summed E-state index contributed by atoms with van der Waals surface area (Å²) in [7, 11) is 0. The van der Waals surface area contributed by atoms with Crippen molar-refractivity contribution < 1.29 is 18.7 Å². The van der Waals surface area contributed by atoms with E-state index in [4.69, 9.17) is 10.8 Å². The molecular formula is C9H9F2NO2. The van der Waals surface area contributed by atoms with Crippen molar-refractivity contribution in [2.45, 2.75) is 6.61 Å². The number of rotatable bonds is 3.